The molecule has 0 radical (unpaired) electrons. The standard InChI is InChI=1S/C23H24F6N6O/c24-22(25,26)14-3-5-15(6-4-14)33-21-17(20(31)36)11-35(34-21)18-8-7-16(9-13(18)10-30)32-19(12-1-2-12)23(27,28)29/h3-6,11-13,16,18-19,32H,1-2,7-9H2,(H2,31,36)(H,33,34). The normalized spacial score (nSPS) is 23.6. The molecular weight excluding hydrogens is 490 g/mol. The molecule has 1 heterocycles. The maximum atomic E-state index is 13.4. The number of primary amides is 1. The number of carbonyl (C=O) groups is 1. The largest absolute Gasteiger partial charge is 0.416 e. The zero-order chi connectivity index (χ0) is 26.3. The monoisotopic (exact) mass is 514 g/mol. The van der Waals surface area contributed by atoms with Crippen LogP contribution in [0.25, 0.3) is 0 Å². The van der Waals surface area contributed by atoms with Gasteiger partial charge in [-0.1, -0.05) is 0 Å². The summed E-state index contributed by atoms with van der Waals surface area (Å²) in [5.74, 6) is -1.95. The van der Waals surface area contributed by atoms with Crippen LogP contribution in [0.2, 0.25) is 0 Å². The maximum absolute atomic E-state index is 13.4. The van der Waals surface area contributed by atoms with Crippen molar-refractivity contribution in [1.82, 2.24) is 15.1 Å². The minimum absolute atomic E-state index is 0.00469. The molecule has 2 fully saturated rings. The predicted octanol–water partition coefficient (Wildman–Crippen LogP) is 4.91. The summed E-state index contributed by atoms with van der Waals surface area (Å²) in [5, 5.41) is 19.5. The van der Waals surface area contributed by atoms with Crippen LogP contribution >= 0.6 is 0 Å². The van der Waals surface area contributed by atoms with E-state index in [0.717, 1.165) is 12.1 Å². The van der Waals surface area contributed by atoms with E-state index in [1.165, 1.54) is 23.0 Å². The molecule has 1 aromatic carbocycles. The average molecular weight is 514 g/mol. The number of halogens is 6. The number of nitriles is 1. The van der Waals surface area contributed by atoms with Crippen LogP contribution in [-0.2, 0) is 6.18 Å². The van der Waals surface area contributed by atoms with Gasteiger partial charge in [0.25, 0.3) is 5.91 Å². The van der Waals surface area contributed by atoms with Crippen LogP contribution in [0.15, 0.2) is 30.5 Å². The highest BCUT2D eigenvalue weighted by Crippen LogP contribution is 2.42. The summed E-state index contributed by atoms with van der Waals surface area (Å²) in [6, 6.07) is 3.65. The van der Waals surface area contributed by atoms with Gasteiger partial charge in [0.05, 0.1) is 23.6 Å². The molecule has 0 aliphatic heterocycles. The molecule has 2 aliphatic carbocycles. The van der Waals surface area contributed by atoms with Crippen molar-refractivity contribution in [3.8, 4) is 6.07 Å². The third kappa shape index (κ3) is 5.75. The van der Waals surface area contributed by atoms with Crippen LogP contribution in [0.1, 0.15) is 54.1 Å². The number of benzene rings is 1. The van der Waals surface area contributed by atoms with Crippen molar-refractivity contribution in [2.24, 2.45) is 17.6 Å². The number of amides is 1. The van der Waals surface area contributed by atoms with Crippen LogP contribution in [0.5, 0.6) is 0 Å². The van der Waals surface area contributed by atoms with Crippen molar-refractivity contribution in [3.63, 3.8) is 0 Å². The molecule has 1 aromatic heterocycles. The molecule has 0 saturated heterocycles. The first-order chi connectivity index (χ1) is 16.9. The van der Waals surface area contributed by atoms with Crippen LogP contribution in [0, 0.1) is 23.2 Å². The summed E-state index contributed by atoms with van der Waals surface area (Å²) in [5.41, 5.74) is 4.81. The number of carbonyl (C=O) groups excluding carboxylic acids is 1. The molecule has 0 spiro atoms. The van der Waals surface area contributed by atoms with Crippen LogP contribution in [0.4, 0.5) is 37.8 Å². The summed E-state index contributed by atoms with van der Waals surface area (Å²) < 4.78 is 80.1. The van der Waals surface area contributed by atoms with Crippen LogP contribution in [0.3, 0.4) is 0 Å². The van der Waals surface area contributed by atoms with Gasteiger partial charge < -0.3 is 16.4 Å². The Morgan fingerprint density at radius 1 is 1.11 bits per heavy atom. The molecule has 0 bridgehead atoms. The lowest BCUT2D eigenvalue weighted by Gasteiger charge is -2.35. The molecule has 1 amide bonds. The summed E-state index contributed by atoms with van der Waals surface area (Å²) in [6.07, 6.45) is -5.60. The minimum atomic E-state index is -4.50. The zero-order valence-electron chi connectivity index (χ0n) is 18.9. The summed E-state index contributed by atoms with van der Waals surface area (Å²) in [7, 11) is 0. The van der Waals surface area contributed by atoms with Gasteiger partial charge >= 0.3 is 12.4 Å². The molecule has 194 valence electrons. The van der Waals surface area contributed by atoms with Gasteiger partial charge in [0.15, 0.2) is 5.82 Å². The van der Waals surface area contributed by atoms with Crippen molar-refractivity contribution < 1.29 is 31.1 Å². The van der Waals surface area contributed by atoms with Crippen molar-refractivity contribution >= 4 is 17.4 Å². The Kier molecular flexibility index (Phi) is 6.92. The van der Waals surface area contributed by atoms with Crippen LogP contribution < -0.4 is 16.4 Å². The number of anilines is 2. The third-order valence-corrected chi connectivity index (χ3v) is 6.65. The maximum Gasteiger partial charge on any atom is 0.416 e. The van der Waals surface area contributed by atoms with E-state index in [0.29, 0.717) is 25.7 Å². The molecule has 7 nitrogen and oxygen atoms in total. The predicted molar refractivity (Wildman–Crippen MR) is 117 cm³/mol. The van der Waals surface area contributed by atoms with Gasteiger partial charge in [-0.2, -0.15) is 36.7 Å². The van der Waals surface area contributed by atoms with E-state index in [4.69, 9.17) is 5.73 Å². The van der Waals surface area contributed by atoms with Gasteiger partial charge in [-0.05, 0) is 62.3 Å². The average Bonchev–Trinajstić information content (AvgIpc) is 3.55. The second-order valence-corrected chi connectivity index (χ2v) is 9.27. The lowest BCUT2D eigenvalue weighted by atomic mass is 9.82. The van der Waals surface area contributed by atoms with E-state index in [1.54, 1.807) is 0 Å². The quantitative estimate of drug-likeness (QED) is 0.455. The number of nitrogens with two attached hydrogens (primary N) is 1. The summed E-state index contributed by atoms with van der Waals surface area (Å²) >= 11 is 0. The fraction of sp³-hybridized carbons (Fsp3) is 0.522. The molecule has 13 heteroatoms. The Hall–Kier alpha value is -3.27. The number of hydrogen-bond donors (Lipinski definition) is 3. The SMILES string of the molecule is N#CC1CC(NC(C2CC2)C(F)(F)F)CCC1n1cc(C(N)=O)c(Nc2ccc(C(F)(F)F)cc2)n1. The number of nitrogens with one attached hydrogen (secondary N) is 2. The van der Waals surface area contributed by atoms with Crippen molar-refractivity contribution in [2.75, 3.05) is 5.32 Å². The van der Waals surface area contributed by atoms with Gasteiger partial charge in [-0.15, -0.1) is 0 Å². The van der Waals surface area contributed by atoms with Gasteiger partial charge in [-0.3, -0.25) is 9.48 Å². The molecule has 4 unspecified atom stereocenters. The molecule has 4 rings (SSSR count). The highest BCUT2D eigenvalue weighted by molar-refractivity contribution is 5.98. The Balaban J connectivity index is 1.49. The number of aromatic nitrogens is 2. The van der Waals surface area contributed by atoms with Gasteiger partial charge in [0.1, 0.15) is 11.6 Å². The Labute approximate surface area is 202 Å². The fourth-order valence-corrected chi connectivity index (χ4v) is 4.66. The molecule has 2 saturated carbocycles. The fourth-order valence-electron chi connectivity index (χ4n) is 4.66. The first-order valence-corrected chi connectivity index (χ1v) is 11.4. The molecule has 4 N–H and O–H groups in total. The van der Waals surface area contributed by atoms with Crippen LogP contribution in [-0.4, -0.2) is 33.9 Å². The highest BCUT2D eigenvalue weighted by atomic mass is 19.4. The third-order valence-electron chi connectivity index (χ3n) is 6.65. The van der Waals surface area contributed by atoms with E-state index in [-0.39, 0.29) is 23.5 Å². The molecule has 36 heavy (non-hydrogen) atoms. The zero-order valence-corrected chi connectivity index (χ0v) is 18.9. The van der Waals surface area contributed by atoms with Crippen molar-refractivity contribution in [2.45, 2.75) is 62.6 Å². The molecular formula is C23H24F6N6O. The van der Waals surface area contributed by atoms with Gasteiger partial charge in [0.2, 0.25) is 0 Å². The lowest BCUT2D eigenvalue weighted by Crippen LogP contribution is -2.50. The second kappa shape index (κ2) is 9.65. The van der Waals surface area contributed by atoms with E-state index in [9.17, 15) is 36.4 Å². The Morgan fingerprint density at radius 2 is 1.78 bits per heavy atom. The lowest BCUT2D eigenvalue weighted by molar-refractivity contribution is -0.163. The van der Waals surface area contributed by atoms with Gasteiger partial charge in [-0.25, -0.2) is 0 Å². The van der Waals surface area contributed by atoms with E-state index in [1.807, 2.05) is 0 Å². The Morgan fingerprint density at radius 3 is 2.31 bits per heavy atom. The number of hydrogen-bond acceptors (Lipinski definition) is 5. The van der Waals surface area contributed by atoms with E-state index in [2.05, 4.69) is 21.8 Å². The first-order valence-electron chi connectivity index (χ1n) is 11.4. The molecule has 4 atom stereocenters. The number of nitrogens with zero attached hydrogens (tertiary/aromatic N) is 3. The smallest absolute Gasteiger partial charge is 0.365 e. The van der Waals surface area contributed by atoms with E-state index < -0.39 is 53.8 Å². The molecule has 2 aromatic rings. The number of alkyl halides is 6. The highest BCUT2D eigenvalue weighted by Gasteiger charge is 2.50. The minimum Gasteiger partial charge on any atom is -0.365 e. The number of rotatable bonds is 7. The van der Waals surface area contributed by atoms with Gasteiger partial charge in [0, 0.05) is 17.9 Å². The second-order valence-electron chi connectivity index (χ2n) is 9.27. The van der Waals surface area contributed by atoms with Crippen molar-refractivity contribution in [1.29, 1.82) is 5.26 Å². The topological polar surface area (TPSA) is 109 Å². The summed E-state index contributed by atoms with van der Waals surface area (Å²) in [6.45, 7) is 0. The first kappa shape index (κ1) is 25.8. The Bertz CT molecular complexity index is 1130. The van der Waals surface area contributed by atoms with E-state index >= 15 is 0 Å². The summed E-state index contributed by atoms with van der Waals surface area (Å²) in [4.78, 5) is 12.0. The molecule has 2 aliphatic rings. The van der Waals surface area contributed by atoms with Crippen molar-refractivity contribution in [3.05, 3.63) is 41.6 Å².